The molecular weight excluding hydrogens is 270 g/mol. The average molecular weight is 287 g/mol. The van der Waals surface area contributed by atoms with E-state index in [1.165, 1.54) is 0 Å². The van der Waals surface area contributed by atoms with Gasteiger partial charge in [0.1, 0.15) is 0 Å². The summed E-state index contributed by atoms with van der Waals surface area (Å²) >= 11 is 0. The van der Waals surface area contributed by atoms with Crippen molar-refractivity contribution in [1.82, 2.24) is 0 Å². The lowest BCUT2D eigenvalue weighted by molar-refractivity contribution is 0.588. The number of hydrogen-bond acceptors (Lipinski definition) is 2. The van der Waals surface area contributed by atoms with E-state index in [1.54, 1.807) is 28.6 Å². The first-order valence-corrected chi connectivity index (χ1v) is 8.25. The zero-order valence-electron chi connectivity index (χ0n) is 11.1. The highest BCUT2D eigenvalue weighted by molar-refractivity contribution is 7.92. The molecule has 0 aromatic heterocycles. The Balaban J connectivity index is 2.00. The van der Waals surface area contributed by atoms with Crippen LogP contribution in [0.5, 0.6) is 0 Å². The molecule has 4 heteroatoms. The van der Waals surface area contributed by atoms with Crippen molar-refractivity contribution in [3.63, 3.8) is 0 Å². The molecule has 0 radical (unpaired) electrons. The fourth-order valence-electron chi connectivity index (χ4n) is 2.19. The second-order valence-corrected chi connectivity index (χ2v) is 6.99. The Morgan fingerprint density at radius 3 is 2.00 bits per heavy atom. The van der Waals surface area contributed by atoms with Crippen molar-refractivity contribution in [2.75, 3.05) is 10.8 Å². The summed E-state index contributed by atoms with van der Waals surface area (Å²) < 4.78 is 27.2. The molecule has 104 valence electrons. The maximum atomic E-state index is 12.8. The van der Waals surface area contributed by atoms with E-state index in [0.29, 0.717) is 17.4 Å². The Labute approximate surface area is 119 Å². The summed E-state index contributed by atoms with van der Waals surface area (Å²) in [4.78, 5) is 0.351. The van der Waals surface area contributed by atoms with Crippen molar-refractivity contribution in [3.05, 3.63) is 60.7 Å². The molecule has 0 atom stereocenters. The molecule has 3 rings (SSSR count). The lowest BCUT2D eigenvalue weighted by atomic mass is 10.3. The van der Waals surface area contributed by atoms with Gasteiger partial charge in [0.15, 0.2) is 0 Å². The Hall–Kier alpha value is -1.81. The fraction of sp³-hybridized carbons (Fsp3) is 0.250. The molecule has 1 fully saturated rings. The molecule has 3 nitrogen and oxygen atoms in total. The smallest absolute Gasteiger partial charge is 0.264 e. The molecule has 0 unspecified atom stereocenters. The number of hydrogen-bond donors (Lipinski definition) is 0. The van der Waals surface area contributed by atoms with Crippen molar-refractivity contribution in [1.29, 1.82) is 0 Å². The molecule has 0 bridgehead atoms. The fourth-order valence-corrected chi connectivity index (χ4v) is 3.75. The molecule has 1 saturated carbocycles. The normalized spacial score (nSPS) is 15.0. The minimum absolute atomic E-state index is 0.351. The SMILES string of the molecule is O=S(=O)(c1ccccc1)N(CC1CC1)c1ccccc1. The summed E-state index contributed by atoms with van der Waals surface area (Å²) in [5.74, 6) is 0.494. The zero-order chi connectivity index (χ0) is 14.0. The number of anilines is 1. The van der Waals surface area contributed by atoms with Crippen LogP contribution in [-0.4, -0.2) is 15.0 Å². The van der Waals surface area contributed by atoms with Gasteiger partial charge in [-0.05, 0) is 43.0 Å². The van der Waals surface area contributed by atoms with Gasteiger partial charge in [-0.2, -0.15) is 0 Å². The number of nitrogens with zero attached hydrogens (tertiary/aromatic N) is 1. The minimum atomic E-state index is -3.48. The molecule has 0 N–H and O–H groups in total. The highest BCUT2D eigenvalue weighted by atomic mass is 32.2. The van der Waals surface area contributed by atoms with Crippen LogP contribution in [0.1, 0.15) is 12.8 Å². The van der Waals surface area contributed by atoms with E-state index in [2.05, 4.69) is 0 Å². The zero-order valence-corrected chi connectivity index (χ0v) is 12.0. The predicted molar refractivity (Wildman–Crippen MR) is 80.1 cm³/mol. The Morgan fingerprint density at radius 2 is 1.45 bits per heavy atom. The predicted octanol–water partition coefficient (Wildman–Crippen LogP) is 3.29. The quantitative estimate of drug-likeness (QED) is 0.846. The summed E-state index contributed by atoms with van der Waals surface area (Å²) in [6.45, 7) is 0.571. The van der Waals surface area contributed by atoms with Crippen molar-refractivity contribution in [2.45, 2.75) is 17.7 Å². The van der Waals surface area contributed by atoms with E-state index in [1.807, 2.05) is 36.4 Å². The number of para-hydroxylation sites is 1. The molecule has 1 aliphatic rings. The van der Waals surface area contributed by atoms with E-state index >= 15 is 0 Å². The number of benzene rings is 2. The average Bonchev–Trinajstić information content (AvgIpc) is 3.30. The molecule has 0 saturated heterocycles. The summed E-state index contributed by atoms with van der Waals surface area (Å²) in [5, 5.41) is 0. The van der Waals surface area contributed by atoms with Gasteiger partial charge in [-0.25, -0.2) is 8.42 Å². The van der Waals surface area contributed by atoms with Gasteiger partial charge >= 0.3 is 0 Å². The van der Waals surface area contributed by atoms with E-state index in [9.17, 15) is 8.42 Å². The van der Waals surface area contributed by atoms with Crippen LogP contribution < -0.4 is 4.31 Å². The van der Waals surface area contributed by atoms with Gasteiger partial charge < -0.3 is 0 Å². The van der Waals surface area contributed by atoms with Crippen molar-refractivity contribution in [3.8, 4) is 0 Å². The summed E-state index contributed by atoms with van der Waals surface area (Å²) in [6.07, 6.45) is 2.24. The molecule has 0 heterocycles. The second kappa shape index (κ2) is 5.29. The molecule has 2 aromatic carbocycles. The van der Waals surface area contributed by atoms with Gasteiger partial charge in [0.25, 0.3) is 10.0 Å². The van der Waals surface area contributed by atoms with Gasteiger partial charge in [-0.15, -0.1) is 0 Å². The van der Waals surface area contributed by atoms with Crippen LogP contribution in [-0.2, 0) is 10.0 Å². The third-order valence-corrected chi connectivity index (χ3v) is 5.30. The van der Waals surface area contributed by atoms with E-state index in [4.69, 9.17) is 0 Å². The van der Waals surface area contributed by atoms with Gasteiger partial charge in [0, 0.05) is 6.54 Å². The maximum Gasteiger partial charge on any atom is 0.264 e. The summed E-state index contributed by atoms with van der Waals surface area (Å²) in [5.41, 5.74) is 0.739. The summed E-state index contributed by atoms with van der Waals surface area (Å²) in [6, 6.07) is 18.0. The van der Waals surface area contributed by atoms with Gasteiger partial charge in [-0.1, -0.05) is 36.4 Å². The lowest BCUT2D eigenvalue weighted by Gasteiger charge is -2.24. The number of sulfonamides is 1. The molecule has 0 aliphatic heterocycles. The van der Waals surface area contributed by atoms with Crippen molar-refractivity contribution < 1.29 is 8.42 Å². The molecule has 1 aliphatic carbocycles. The number of rotatable bonds is 5. The second-order valence-electron chi connectivity index (χ2n) is 5.13. The molecular formula is C16H17NO2S. The third kappa shape index (κ3) is 2.70. The monoisotopic (exact) mass is 287 g/mol. The topological polar surface area (TPSA) is 37.4 Å². The van der Waals surface area contributed by atoms with Crippen LogP contribution >= 0.6 is 0 Å². The van der Waals surface area contributed by atoms with Gasteiger partial charge in [0.05, 0.1) is 10.6 Å². The highest BCUT2D eigenvalue weighted by Crippen LogP contribution is 2.34. The largest absolute Gasteiger partial charge is 0.266 e. The Morgan fingerprint density at radius 1 is 0.900 bits per heavy atom. The van der Waals surface area contributed by atoms with Crippen LogP contribution in [0.15, 0.2) is 65.6 Å². The maximum absolute atomic E-state index is 12.8. The first-order valence-electron chi connectivity index (χ1n) is 6.81. The van der Waals surface area contributed by atoms with Crippen LogP contribution in [0.3, 0.4) is 0 Å². The molecule has 0 spiro atoms. The van der Waals surface area contributed by atoms with Crippen molar-refractivity contribution in [2.24, 2.45) is 5.92 Å². The lowest BCUT2D eigenvalue weighted by Crippen LogP contribution is -2.32. The van der Waals surface area contributed by atoms with Gasteiger partial charge in [-0.3, -0.25) is 4.31 Å². The molecule has 2 aromatic rings. The highest BCUT2D eigenvalue weighted by Gasteiger charge is 2.31. The molecule has 20 heavy (non-hydrogen) atoms. The Bertz CT molecular complexity index is 664. The van der Waals surface area contributed by atoms with E-state index in [-0.39, 0.29) is 0 Å². The van der Waals surface area contributed by atoms with Crippen molar-refractivity contribution >= 4 is 15.7 Å². The van der Waals surface area contributed by atoms with Crippen LogP contribution in [0.4, 0.5) is 5.69 Å². The standard InChI is InChI=1S/C16H17NO2S/c18-20(19,16-9-5-2-6-10-16)17(13-14-11-12-14)15-7-3-1-4-8-15/h1-10,14H,11-13H2. The van der Waals surface area contributed by atoms with Crippen LogP contribution in [0.2, 0.25) is 0 Å². The minimum Gasteiger partial charge on any atom is -0.266 e. The first-order chi connectivity index (χ1) is 9.68. The van der Waals surface area contributed by atoms with E-state index in [0.717, 1.165) is 18.5 Å². The third-order valence-electron chi connectivity index (χ3n) is 3.50. The van der Waals surface area contributed by atoms with Crippen LogP contribution in [0, 0.1) is 5.92 Å². The first kappa shape index (κ1) is 13.2. The van der Waals surface area contributed by atoms with E-state index < -0.39 is 10.0 Å². The Kier molecular flexibility index (Phi) is 3.49. The van der Waals surface area contributed by atoms with Gasteiger partial charge in [0.2, 0.25) is 0 Å². The molecule has 0 amide bonds. The summed E-state index contributed by atoms with van der Waals surface area (Å²) in [7, 11) is -3.48. The van der Waals surface area contributed by atoms with Crippen LogP contribution in [0.25, 0.3) is 0 Å².